The van der Waals surface area contributed by atoms with E-state index in [1.165, 1.54) is 0 Å². The van der Waals surface area contributed by atoms with Gasteiger partial charge in [-0.05, 0) is 38.8 Å². The van der Waals surface area contributed by atoms with Gasteiger partial charge in [0.1, 0.15) is 6.54 Å². The molecule has 0 aliphatic carbocycles. The van der Waals surface area contributed by atoms with Gasteiger partial charge in [-0.3, -0.25) is 9.59 Å². The third kappa shape index (κ3) is 5.59. The Hall–Kier alpha value is -1.10. The topological polar surface area (TPSA) is 58.6 Å². The van der Waals surface area contributed by atoms with Crippen LogP contribution < -0.4 is 5.32 Å². The zero-order valence-electron chi connectivity index (χ0n) is 12.3. The summed E-state index contributed by atoms with van der Waals surface area (Å²) in [5, 5.41) is 3.25. The summed E-state index contributed by atoms with van der Waals surface area (Å²) in [7, 11) is 0. The Balaban J connectivity index is 2.60. The third-order valence-corrected chi connectivity index (χ3v) is 3.21. The molecule has 19 heavy (non-hydrogen) atoms. The van der Waals surface area contributed by atoms with Crippen LogP contribution in [0.5, 0.6) is 0 Å². The van der Waals surface area contributed by atoms with Crippen LogP contribution in [0.4, 0.5) is 0 Å². The van der Waals surface area contributed by atoms with E-state index in [4.69, 9.17) is 4.74 Å². The van der Waals surface area contributed by atoms with E-state index in [-0.39, 0.29) is 24.3 Å². The molecule has 1 N–H and O–H groups in total. The van der Waals surface area contributed by atoms with Crippen molar-refractivity contribution >= 4 is 11.9 Å². The number of esters is 1. The number of ether oxygens (including phenoxy) is 1. The zero-order valence-corrected chi connectivity index (χ0v) is 12.3. The number of carbonyl (C=O) groups is 2. The maximum Gasteiger partial charge on any atom is 0.325 e. The van der Waals surface area contributed by atoms with E-state index in [0.717, 1.165) is 25.9 Å². The minimum atomic E-state index is -0.314. The van der Waals surface area contributed by atoms with E-state index in [0.29, 0.717) is 19.1 Å². The van der Waals surface area contributed by atoms with E-state index < -0.39 is 0 Å². The molecule has 1 aliphatic rings. The van der Waals surface area contributed by atoms with E-state index >= 15 is 0 Å². The zero-order chi connectivity index (χ0) is 14.3. The lowest BCUT2D eigenvalue weighted by molar-refractivity contribution is -0.151. The summed E-state index contributed by atoms with van der Waals surface area (Å²) >= 11 is 0. The fourth-order valence-corrected chi connectivity index (χ4v) is 2.36. The summed E-state index contributed by atoms with van der Waals surface area (Å²) in [6, 6.07) is 0. The first-order chi connectivity index (χ1) is 9.04. The van der Waals surface area contributed by atoms with Crippen molar-refractivity contribution in [1.82, 2.24) is 10.2 Å². The number of nitrogens with zero attached hydrogens (tertiary/aromatic N) is 1. The Kier molecular flexibility index (Phi) is 6.84. The number of rotatable bonds is 6. The molecule has 0 radical (unpaired) electrons. The maximum atomic E-state index is 12.5. The van der Waals surface area contributed by atoms with Gasteiger partial charge in [-0.15, -0.1) is 0 Å². The Morgan fingerprint density at radius 2 is 1.95 bits per heavy atom. The quantitative estimate of drug-likeness (QED) is 0.733. The maximum absolute atomic E-state index is 12.5. The number of hydrogen-bond acceptors (Lipinski definition) is 4. The first-order valence-electron chi connectivity index (χ1n) is 7.19. The lowest BCUT2D eigenvalue weighted by Crippen LogP contribution is -2.45. The Morgan fingerprint density at radius 1 is 1.32 bits per heavy atom. The van der Waals surface area contributed by atoms with E-state index in [9.17, 15) is 9.59 Å². The number of piperidine rings is 1. The smallest absolute Gasteiger partial charge is 0.325 e. The Bertz CT molecular complexity index is 299. The van der Waals surface area contributed by atoms with Gasteiger partial charge in [0.2, 0.25) is 5.91 Å². The molecule has 5 nitrogen and oxygen atoms in total. The fourth-order valence-electron chi connectivity index (χ4n) is 2.36. The van der Waals surface area contributed by atoms with Crippen LogP contribution in [0, 0.1) is 11.8 Å². The molecule has 0 aromatic heterocycles. The molecule has 0 aromatic rings. The number of carbonyl (C=O) groups excluding carboxylic acids is 2. The molecule has 0 bridgehead atoms. The summed E-state index contributed by atoms with van der Waals surface area (Å²) in [5.74, 6) is 0.184. The molecule has 1 aliphatic heterocycles. The van der Waals surface area contributed by atoms with Gasteiger partial charge in [-0.1, -0.05) is 13.8 Å². The molecule has 0 saturated carbocycles. The molecule has 0 unspecified atom stereocenters. The summed E-state index contributed by atoms with van der Waals surface area (Å²) in [6.07, 6.45) is 1.71. The number of nitrogens with one attached hydrogen (secondary N) is 1. The van der Waals surface area contributed by atoms with Crippen molar-refractivity contribution in [3.63, 3.8) is 0 Å². The molecule has 1 amide bonds. The molecule has 0 spiro atoms. The average molecular weight is 270 g/mol. The monoisotopic (exact) mass is 270 g/mol. The summed E-state index contributed by atoms with van der Waals surface area (Å²) in [6.45, 7) is 8.68. The van der Waals surface area contributed by atoms with Gasteiger partial charge >= 0.3 is 5.97 Å². The molecule has 0 aromatic carbocycles. The van der Waals surface area contributed by atoms with Gasteiger partial charge in [0, 0.05) is 12.5 Å². The van der Waals surface area contributed by atoms with Crippen LogP contribution in [-0.2, 0) is 14.3 Å². The van der Waals surface area contributed by atoms with Crippen LogP contribution in [0.3, 0.4) is 0 Å². The highest BCUT2D eigenvalue weighted by atomic mass is 16.5. The second-order valence-corrected chi connectivity index (χ2v) is 5.44. The van der Waals surface area contributed by atoms with E-state index in [1.54, 1.807) is 11.8 Å². The van der Waals surface area contributed by atoms with Gasteiger partial charge in [0.15, 0.2) is 0 Å². The van der Waals surface area contributed by atoms with E-state index in [1.807, 2.05) is 13.8 Å². The van der Waals surface area contributed by atoms with Crippen molar-refractivity contribution < 1.29 is 14.3 Å². The van der Waals surface area contributed by atoms with Crippen LogP contribution in [0.25, 0.3) is 0 Å². The Labute approximate surface area is 115 Å². The van der Waals surface area contributed by atoms with Crippen molar-refractivity contribution in [3.05, 3.63) is 0 Å². The lowest BCUT2D eigenvalue weighted by Gasteiger charge is -2.30. The largest absolute Gasteiger partial charge is 0.465 e. The van der Waals surface area contributed by atoms with Crippen molar-refractivity contribution in [2.75, 3.05) is 32.8 Å². The SMILES string of the molecule is CCOC(=O)CN(CC(C)C)C(=O)C1CCNCC1. The molecule has 0 atom stereocenters. The van der Waals surface area contributed by atoms with Crippen LogP contribution in [0.2, 0.25) is 0 Å². The normalized spacial score (nSPS) is 16.4. The first kappa shape index (κ1) is 16.0. The lowest BCUT2D eigenvalue weighted by atomic mass is 9.96. The predicted molar refractivity (Wildman–Crippen MR) is 73.6 cm³/mol. The predicted octanol–water partition coefficient (Wildman–Crippen LogP) is 1.03. The molecule has 1 saturated heterocycles. The Morgan fingerprint density at radius 3 is 2.47 bits per heavy atom. The fraction of sp³-hybridized carbons (Fsp3) is 0.857. The van der Waals surface area contributed by atoms with Gasteiger partial charge in [0.05, 0.1) is 6.61 Å². The van der Waals surface area contributed by atoms with Gasteiger partial charge in [-0.25, -0.2) is 0 Å². The van der Waals surface area contributed by atoms with Gasteiger partial charge in [0.25, 0.3) is 0 Å². The third-order valence-electron chi connectivity index (χ3n) is 3.21. The first-order valence-corrected chi connectivity index (χ1v) is 7.19. The van der Waals surface area contributed by atoms with Crippen LogP contribution in [0.15, 0.2) is 0 Å². The minimum Gasteiger partial charge on any atom is -0.465 e. The van der Waals surface area contributed by atoms with Gasteiger partial charge < -0.3 is 15.0 Å². The standard InChI is InChI=1S/C14H26N2O3/c1-4-19-13(17)10-16(9-11(2)3)14(18)12-5-7-15-8-6-12/h11-12,15H,4-10H2,1-3H3. The second kappa shape index (κ2) is 8.15. The molecule has 1 rings (SSSR count). The second-order valence-electron chi connectivity index (χ2n) is 5.44. The molecular formula is C14H26N2O3. The number of amides is 1. The molecular weight excluding hydrogens is 244 g/mol. The molecule has 1 fully saturated rings. The van der Waals surface area contributed by atoms with Crippen molar-refractivity contribution in [1.29, 1.82) is 0 Å². The summed E-state index contributed by atoms with van der Waals surface area (Å²) < 4.78 is 4.95. The number of hydrogen-bond donors (Lipinski definition) is 1. The van der Waals surface area contributed by atoms with Crippen molar-refractivity contribution in [2.45, 2.75) is 33.6 Å². The highest BCUT2D eigenvalue weighted by Gasteiger charge is 2.27. The molecule has 110 valence electrons. The highest BCUT2D eigenvalue weighted by Crippen LogP contribution is 2.16. The highest BCUT2D eigenvalue weighted by molar-refractivity contribution is 5.83. The summed E-state index contributed by atoms with van der Waals surface area (Å²) in [4.78, 5) is 25.7. The minimum absolute atomic E-state index is 0.0504. The van der Waals surface area contributed by atoms with Crippen molar-refractivity contribution in [3.8, 4) is 0 Å². The molecule has 1 heterocycles. The van der Waals surface area contributed by atoms with Crippen LogP contribution in [0.1, 0.15) is 33.6 Å². The molecule has 5 heteroatoms. The van der Waals surface area contributed by atoms with Gasteiger partial charge in [-0.2, -0.15) is 0 Å². The van der Waals surface area contributed by atoms with E-state index in [2.05, 4.69) is 5.32 Å². The van der Waals surface area contributed by atoms with Crippen LogP contribution >= 0.6 is 0 Å². The summed E-state index contributed by atoms with van der Waals surface area (Å²) in [5.41, 5.74) is 0. The average Bonchev–Trinajstić information content (AvgIpc) is 2.38. The van der Waals surface area contributed by atoms with Crippen LogP contribution in [-0.4, -0.2) is 49.6 Å². The van der Waals surface area contributed by atoms with Crippen molar-refractivity contribution in [2.24, 2.45) is 11.8 Å².